The summed E-state index contributed by atoms with van der Waals surface area (Å²) in [6.45, 7) is 6.86. The minimum absolute atomic E-state index is 0.271. The summed E-state index contributed by atoms with van der Waals surface area (Å²) >= 11 is 0. The molecule has 0 spiro atoms. The van der Waals surface area contributed by atoms with Crippen molar-refractivity contribution in [3.05, 3.63) is 12.2 Å². The second kappa shape index (κ2) is 4.79. The number of allylic oxidation sites excluding steroid dienone is 1. The van der Waals surface area contributed by atoms with Gasteiger partial charge < -0.3 is 10.0 Å². The largest absolute Gasteiger partial charge is 0.480 e. The molecule has 0 aromatic heterocycles. The Morgan fingerprint density at radius 3 is 2.14 bits per heavy atom. The lowest BCUT2D eigenvalue weighted by atomic mass is 10.1. The van der Waals surface area contributed by atoms with Gasteiger partial charge in [0.25, 0.3) is 0 Å². The van der Waals surface area contributed by atoms with E-state index in [2.05, 4.69) is 0 Å². The molecule has 4 nitrogen and oxygen atoms in total. The number of hydrogen-bond donors (Lipinski definition) is 1. The molecular weight excluding hydrogens is 182 g/mol. The van der Waals surface area contributed by atoms with Gasteiger partial charge in [0.2, 0.25) is 5.91 Å². The first-order valence-electron chi connectivity index (χ1n) is 4.45. The average Bonchev–Trinajstić information content (AvgIpc) is 1.98. The molecule has 0 unspecified atom stereocenters. The number of carboxylic acid groups (broad SMARTS) is 1. The highest BCUT2D eigenvalue weighted by Crippen LogP contribution is 2.13. The van der Waals surface area contributed by atoms with Crippen LogP contribution in [0.4, 0.5) is 0 Å². The molecule has 1 amide bonds. The maximum absolute atomic E-state index is 11.5. The highest BCUT2D eigenvalue weighted by molar-refractivity contribution is 5.90. The summed E-state index contributed by atoms with van der Waals surface area (Å²) in [5.41, 5.74) is -0.477. The molecule has 0 atom stereocenters. The molecule has 0 rings (SSSR count). The summed E-state index contributed by atoms with van der Waals surface area (Å²) in [4.78, 5) is 23.4. The predicted octanol–water partition coefficient (Wildman–Crippen LogP) is 1.27. The zero-order valence-corrected chi connectivity index (χ0v) is 9.07. The van der Waals surface area contributed by atoms with E-state index in [1.54, 1.807) is 33.8 Å². The lowest BCUT2D eigenvalue weighted by molar-refractivity contribution is -0.145. The van der Waals surface area contributed by atoms with Crippen LogP contribution in [0.25, 0.3) is 0 Å². The third kappa shape index (κ3) is 4.07. The number of rotatable bonds is 3. The van der Waals surface area contributed by atoms with E-state index in [9.17, 15) is 9.59 Å². The van der Waals surface area contributed by atoms with Gasteiger partial charge >= 0.3 is 5.97 Å². The molecule has 14 heavy (non-hydrogen) atoms. The van der Waals surface area contributed by atoms with Crippen LogP contribution in [0, 0.1) is 0 Å². The van der Waals surface area contributed by atoms with Crippen LogP contribution in [0.2, 0.25) is 0 Å². The van der Waals surface area contributed by atoms with Gasteiger partial charge in [-0.05, 0) is 33.8 Å². The normalized spacial score (nSPS) is 11.7. The van der Waals surface area contributed by atoms with Crippen LogP contribution in [0.5, 0.6) is 0 Å². The Balaban J connectivity index is 4.73. The van der Waals surface area contributed by atoms with E-state index in [0.717, 1.165) is 0 Å². The first kappa shape index (κ1) is 12.7. The van der Waals surface area contributed by atoms with Crippen molar-refractivity contribution in [1.82, 2.24) is 4.90 Å². The molecule has 1 N–H and O–H groups in total. The molecule has 0 aliphatic rings. The maximum atomic E-state index is 11.5. The highest BCUT2D eigenvalue weighted by Gasteiger charge is 2.26. The first-order chi connectivity index (χ1) is 6.29. The smallest absolute Gasteiger partial charge is 0.323 e. The van der Waals surface area contributed by atoms with Crippen LogP contribution in [0.15, 0.2) is 12.2 Å². The van der Waals surface area contributed by atoms with Gasteiger partial charge in [-0.2, -0.15) is 0 Å². The van der Waals surface area contributed by atoms with Crippen molar-refractivity contribution in [2.75, 3.05) is 6.54 Å². The van der Waals surface area contributed by atoms with Gasteiger partial charge in [-0.25, -0.2) is 0 Å². The summed E-state index contributed by atoms with van der Waals surface area (Å²) in [5.74, 6) is -1.28. The van der Waals surface area contributed by atoms with Crippen molar-refractivity contribution in [3.63, 3.8) is 0 Å². The fourth-order valence-electron chi connectivity index (χ4n) is 1.01. The molecular formula is C10H17NO3. The molecule has 0 aliphatic heterocycles. The van der Waals surface area contributed by atoms with E-state index in [0.29, 0.717) is 0 Å². The van der Waals surface area contributed by atoms with E-state index in [1.165, 1.54) is 11.0 Å². The Labute approximate surface area is 84.2 Å². The van der Waals surface area contributed by atoms with E-state index in [1.807, 2.05) is 0 Å². The van der Waals surface area contributed by atoms with Gasteiger partial charge in [-0.1, -0.05) is 6.08 Å². The van der Waals surface area contributed by atoms with E-state index >= 15 is 0 Å². The van der Waals surface area contributed by atoms with Crippen LogP contribution >= 0.6 is 0 Å². The lowest BCUT2D eigenvalue weighted by Crippen LogP contribution is -2.47. The lowest BCUT2D eigenvalue weighted by Gasteiger charge is -2.33. The fourth-order valence-corrected chi connectivity index (χ4v) is 1.01. The van der Waals surface area contributed by atoms with Gasteiger partial charge in [0.05, 0.1) is 0 Å². The molecule has 0 saturated heterocycles. The van der Waals surface area contributed by atoms with Crippen molar-refractivity contribution in [2.45, 2.75) is 33.2 Å². The highest BCUT2D eigenvalue weighted by atomic mass is 16.4. The van der Waals surface area contributed by atoms with E-state index in [-0.39, 0.29) is 12.5 Å². The molecule has 0 fully saturated rings. The Bertz CT molecular complexity index is 251. The van der Waals surface area contributed by atoms with Gasteiger partial charge in [-0.15, -0.1) is 0 Å². The third-order valence-corrected chi connectivity index (χ3v) is 1.68. The molecule has 0 radical (unpaired) electrons. The molecule has 80 valence electrons. The molecule has 0 aromatic carbocycles. The topological polar surface area (TPSA) is 57.6 Å². The molecule has 4 heteroatoms. The van der Waals surface area contributed by atoms with Crippen LogP contribution in [0.1, 0.15) is 27.7 Å². The summed E-state index contributed by atoms with van der Waals surface area (Å²) < 4.78 is 0. The van der Waals surface area contributed by atoms with Crippen molar-refractivity contribution >= 4 is 11.9 Å². The number of amides is 1. The van der Waals surface area contributed by atoms with Crippen molar-refractivity contribution in [3.8, 4) is 0 Å². The fraction of sp³-hybridized carbons (Fsp3) is 0.600. The zero-order chi connectivity index (χ0) is 11.4. The molecule has 0 bridgehead atoms. The van der Waals surface area contributed by atoms with Crippen molar-refractivity contribution in [1.29, 1.82) is 0 Å². The van der Waals surface area contributed by atoms with Crippen LogP contribution < -0.4 is 0 Å². The number of carbonyl (C=O) groups excluding carboxylic acids is 1. The van der Waals surface area contributed by atoms with Gasteiger partial charge in [-0.3, -0.25) is 9.59 Å². The second-order valence-corrected chi connectivity index (χ2v) is 3.99. The zero-order valence-electron chi connectivity index (χ0n) is 9.07. The average molecular weight is 199 g/mol. The molecule has 0 heterocycles. The molecule has 0 aliphatic carbocycles. The van der Waals surface area contributed by atoms with E-state index in [4.69, 9.17) is 5.11 Å². The SMILES string of the molecule is C/C=C/C(=O)N(CC(=O)O)C(C)(C)C. The number of nitrogens with zero attached hydrogens (tertiary/aromatic N) is 1. The van der Waals surface area contributed by atoms with Crippen molar-refractivity contribution < 1.29 is 14.7 Å². The van der Waals surface area contributed by atoms with Crippen molar-refractivity contribution in [2.24, 2.45) is 0 Å². The monoisotopic (exact) mass is 199 g/mol. The van der Waals surface area contributed by atoms with Gasteiger partial charge in [0.1, 0.15) is 6.54 Å². The number of hydrogen-bond acceptors (Lipinski definition) is 2. The molecule has 0 aromatic rings. The number of carbonyl (C=O) groups is 2. The minimum Gasteiger partial charge on any atom is -0.480 e. The van der Waals surface area contributed by atoms with Gasteiger partial charge in [0, 0.05) is 5.54 Å². The first-order valence-corrected chi connectivity index (χ1v) is 4.45. The Morgan fingerprint density at radius 2 is 1.86 bits per heavy atom. The van der Waals surface area contributed by atoms with Gasteiger partial charge in [0.15, 0.2) is 0 Å². The number of carboxylic acids is 1. The Hall–Kier alpha value is -1.32. The summed E-state index contributed by atoms with van der Waals surface area (Å²) in [5, 5.41) is 8.65. The predicted molar refractivity (Wildman–Crippen MR) is 53.9 cm³/mol. The standard InChI is InChI=1S/C10H17NO3/c1-5-6-8(12)11(7-9(13)14)10(2,3)4/h5-6H,7H2,1-4H3,(H,13,14)/b6-5+. The van der Waals surface area contributed by atoms with Crippen LogP contribution in [0.3, 0.4) is 0 Å². The quantitative estimate of drug-likeness (QED) is 0.696. The third-order valence-electron chi connectivity index (χ3n) is 1.68. The van der Waals surface area contributed by atoms with Crippen LogP contribution in [-0.2, 0) is 9.59 Å². The number of aliphatic carboxylic acids is 1. The summed E-state index contributed by atoms with van der Waals surface area (Å²) in [6, 6.07) is 0. The Morgan fingerprint density at radius 1 is 1.36 bits per heavy atom. The summed E-state index contributed by atoms with van der Waals surface area (Å²) in [7, 11) is 0. The van der Waals surface area contributed by atoms with Crippen LogP contribution in [-0.4, -0.2) is 34.0 Å². The summed E-state index contributed by atoms with van der Waals surface area (Å²) in [6.07, 6.45) is 2.97. The minimum atomic E-state index is -1.00. The Kier molecular flexibility index (Phi) is 4.34. The van der Waals surface area contributed by atoms with E-state index < -0.39 is 11.5 Å². The maximum Gasteiger partial charge on any atom is 0.323 e. The molecule has 0 saturated carbocycles. The second-order valence-electron chi connectivity index (χ2n) is 3.99.